The SMILES string of the molecule is N#Cc1cc(C=O)c(Cl)c([N+](=O)[O-])c1. The lowest BCUT2D eigenvalue weighted by atomic mass is 10.1. The lowest BCUT2D eigenvalue weighted by Gasteiger charge is -1.98. The second-order valence-electron chi connectivity index (χ2n) is 2.39. The summed E-state index contributed by atoms with van der Waals surface area (Å²) in [6.45, 7) is 0. The van der Waals surface area contributed by atoms with Crippen LogP contribution >= 0.6 is 11.6 Å². The van der Waals surface area contributed by atoms with Crippen molar-refractivity contribution in [1.82, 2.24) is 0 Å². The van der Waals surface area contributed by atoms with E-state index in [2.05, 4.69) is 0 Å². The zero-order valence-corrected chi connectivity index (χ0v) is 7.49. The molecule has 0 aliphatic rings. The first-order chi connectivity index (χ1) is 6.60. The molecule has 0 N–H and O–H groups in total. The molecule has 0 bridgehead atoms. The molecule has 1 aromatic rings. The second-order valence-corrected chi connectivity index (χ2v) is 2.76. The molecule has 0 spiro atoms. The molecule has 0 amide bonds. The monoisotopic (exact) mass is 210 g/mol. The van der Waals surface area contributed by atoms with Gasteiger partial charge in [-0.05, 0) is 6.07 Å². The van der Waals surface area contributed by atoms with Crippen LogP contribution < -0.4 is 0 Å². The predicted octanol–water partition coefficient (Wildman–Crippen LogP) is 1.93. The Hall–Kier alpha value is -1.93. The van der Waals surface area contributed by atoms with E-state index in [0.717, 1.165) is 6.07 Å². The van der Waals surface area contributed by atoms with Gasteiger partial charge in [-0.1, -0.05) is 11.6 Å². The smallest absolute Gasteiger partial charge is 0.289 e. The third-order valence-electron chi connectivity index (χ3n) is 1.53. The topological polar surface area (TPSA) is 84.0 Å². The third kappa shape index (κ3) is 1.70. The van der Waals surface area contributed by atoms with E-state index >= 15 is 0 Å². The summed E-state index contributed by atoms with van der Waals surface area (Å²) < 4.78 is 0. The summed E-state index contributed by atoms with van der Waals surface area (Å²) in [5, 5.41) is 18.7. The average Bonchev–Trinajstić information content (AvgIpc) is 2.17. The van der Waals surface area contributed by atoms with Crippen LogP contribution in [-0.2, 0) is 0 Å². The third-order valence-corrected chi connectivity index (χ3v) is 1.95. The van der Waals surface area contributed by atoms with E-state index in [1.165, 1.54) is 6.07 Å². The quantitative estimate of drug-likeness (QED) is 0.424. The number of rotatable bonds is 2. The van der Waals surface area contributed by atoms with Gasteiger partial charge in [-0.15, -0.1) is 0 Å². The molecule has 0 radical (unpaired) electrons. The zero-order chi connectivity index (χ0) is 10.7. The van der Waals surface area contributed by atoms with Crippen molar-refractivity contribution in [3.8, 4) is 6.07 Å². The molecule has 1 rings (SSSR count). The van der Waals surface area contributed by atoms with Crippen LogP contribution in [0.2, 0.25) is 5.02 Å². The van der Waals surface area contributed by atoms with Crippen molar-refractivity contribution in [2.75, 3.05) is 0 Å². The lowest BCUT2D eigenvalue weighted by molar-refractivity contribution is -0.384. The molecule has 70 valence electrons. The summed E-state index contributed by atoms with van der Waals surface area (Å²) in [5.74, 6) is 0. The van der Waals surface area contributed by atoms with Gasteiger partial charge in [0.2, 0.25) is 0 Å². The van der Waals surface area contributed by atoms with Crippen molar-refractivity contribution >= 4 is 23.6 Å². The number of carbonyl (C=O) groups is 1. The molecule has 6 heteroatoms. The highest BCUT2D eigenvalue weighted by molar-refractivity contribution is 6.35. The number of nitriles is 1. The van der Waals surface area contributed by atoms with Gasteiger partial charge in [0.05, 0.1) is 16.6 Å². The van der Waals surface area contributed by atoms with Gasteiger partial charge in [0.15, 0.2) is 6.29 Å². The summed E-state index contributed by atoms with van der Waals surface area (Å²) in [5.41, 5.74) is -0.464. The van der Waals surface area contributed by atoms with E-state index in [-0.39, 0.29) is 16.1 Å². The van der Waals surface area contributed by atoms with Gasteiger partial charge in [-0.3, -0.25) is 14.9 Å². The summed E-state index contributed by atoms with van der Waals surface area (Å²) in [4.78, 5) is 20.2. The molecule has 0 atom stereocenters. The van der Waals surface area contributed by atoms with Gasteiger partial charge in [0, 0.05) is 11.6 Å². The first-order valence-electron chi connectivity index (χ1n) is 3.43. The summed E-state index contributed by atoms with van der Waals surface area (Å²) in [7, 11) is 0. The minimum Gasteiger partial charge on any atom is -0.298 e. The Morgan fingerprint density at radius 1 is 1.57 bits per heavy atom. The highest BCUT2D eigenvalue weighted by Gasteiger charge is 2.17. The van der Waals surface area contributed by atoms with Crippen LogP contribution in [0.5, 0.6) is 0 Å². The van der Waals surface area contributed by atoms with Gasteiger partial charge in [-0.25, -0.2) is 0 Å². The highest BCUT2D eigenvalue weighted by atomic mass is 35.5. The predicted molar refractivity (Wildman–Crippen MR) is 48.2 cm³/mol. The maximum atomic E-state index is 10.5. The Morgan fingerprint density at radius 3 is 2.64 bits per heavy atom. The molecule has 1 aromatic carbocycles. The number of halogens is 1. The Bertz CT molecular complexity index is 451. The standard InChI is InChI=1S/C8H3ClN2O3/c9-8-6(4-12)1-5(3-10)2-7(8)11(13)14/h1-2,4H. The number of hydrogen-bond acceptors (Lipinski definition) is 4. The molecule has 5 nitrogen and oxygen atoms in total. The van der Waals surface area contributed by atoms with Crippen molar-refractivity contribution in [1.29, 1.82) is 5.26 Å². The fraction of sp³-hybridized carbons (Fsp3) is 0. The molecule has 0 heterocycles. The first kappa shape index (κ1) is 10.2. The number of nitro benzene ring substituents is 1. The number of hydrogen-bond donors (Lipinski definition) is 0. The molecule has 0 aliphatic heterocycles. The highest BCUT2D eigenvalue weighted by Crippen LogP contribution is 2.28. The summed E-state index contributed by atoms with van der Waals surface area (Å²) >= 11 is 5.55. The summed E-state index contributed by atoms with van der Waals surface area (Å²) in [6.07, 6.45) is 0.371. The van der Waals surface area contributed by atoms with Crippen molar-refractivity contribution in [2.24, 2.45) is 0 Å². The van der Waals surface area contributed by atoms with Crippen molar-refractivity contribution in [2.45, 2.75) is 0 Å². The van der Waals surface area contributed by atoms with E-state index < -0.39 is 10.6 Å². The minimum atomic E-state index is -0.740. The first-order valence-corrected chi connectivity index (χ1v) is 3.81. The van der Waals surface area contributed by atoms with Crippen LogP contribution in [0, 0.1) is 21.4 Å². The molecule has 0 saturated heterocycles. The van der Waals surface area contributed by atoms with E-state index in [4.69, 9.17) is 16.9 Å². The maximum absolute atomic E-state index is 10.5. The van der Waals surface area contributed by atoms with E-state index in [1.54, 1.807) is 6.07 Å². The average molecular weight is 211 g/mol. The van der Waals surface area contributed by atoms with Crippen molar-refractivity contribution in [3.63, 3.8) is 0 Å². The van der Waals surface area contributed by atoms with Crippen LogP contribution in [0.15, 0.2) is 12.1 Å². The van der Waals surface area contributed by atoms with Crippen LogP contribution in [-0.4, -0.2) is 11.2 Å². The van der Waals surface area contributed by atoms with Crippen LogP contribution in [0.4, 0.5) is 5.69 Å². The largest absolute Gasteiger partial charge is 0.298 e. The Labute approximate surface area is 83.7 Å². The van der Waals surface area contributed by atoms with Crippen molar-refractivity contribution in [3.05, 3.63) is 38.4 Å². The van der Waals surface area contributed by atoms with Crippen LogP contribution in [0.25, 0.3) is 0 Å². The van der Waals surface area contributed by atoms with Gasteiger partial charge in [-0.2, -0.15) is 5.26 Å². The molecule has 0 saturated carbocycles. The summed E-state index contributed by atoms with van der Waals surface area (Å²) in [6, 6.07) is 3.92. The van der Waals surface area contributed by atoms with E-state index in [9.17, 15) is 14.9 Å². The van der Waals surface area contributed by atoms with Crippen LogP contribution in [0.1, 0.15) is 15.9 Å². The van der Waals surface area contributed by atoms with E-state index in [0.29, 0.717) is 6.29 Å². The molecule has 0 aromatic heterocycles. The number of nitrogens with zero attached hydrogens (tertiary/aromatic N) is 2. The van der Waals surface area contributed by atoms with Crippen molar-refractivity contribution < 1.29 is 9.72 Å². The fourth-order valence-electron chi connectivity index (χ4n) is 0.914. The van der Waals surface area contributed by atoms with Gasteiger partial charge >= 0.3 is 0 Å². The van der Waals surface area contributed by atoms with Gasteiger partial charge < -0.3 is 0 Å². The van der Waals surface area contributed by atoms with Gasteiger partial charge in [0.25, 0.3) is 5.69 Å². The second kappa shape index (κ2) is 3.85. The fourth-order valence-corrected chi connectivity index (χ4v) is 1.14. The Morgan fingerprint density at radius 2 is 2.21 bits per heavy atom. The maximum Gasteiger partial charge on any atom is 0.289 e. The molecule has 0 fully saturated rings. The minimum absolute atomic E-state index is 0.0307. The Balaban J connectivity index is 3.51. The lowest BCUT2D eigenvalue weighted by Crippen LogP contribution is -1.94. The Kier molecular flexibility index (Phi) is 2.79. The number of carbonyl (C=O) groups excluding carboxylic acids is 1. The van der Waals surface area contributed by atoms with Gasteiger partial charge in [0.1, 0.15) is 5.02 Å². The van der Waals surface area contributed by atoms with E-state index in [1.807, 2.05) is 0 Å². The zero-order valence-electron chi connectivity index (χ0n) is 6.73. The molecule has 0 unspecified atom stereocenters. The van der Waals surface area contributed by atoms with Crippen LogP contribution in [0.3, 0.4) is 0 Å². The molecule has 14 heavy (non-hydrogen) atoms. The number of aldehydes is 1. The number of benzene rings is 1. The number of nitro groups is 1. The molecular weight excluding hydrogens is 208 g/mol. The molecular formula is C8H3ClN2O3. The molecule has 0 aliphatic carbocycles. The normalized spacial score (nSPS) is 9.14.